The Morgan fingerprint density at radius 3 is 1.32 bits per heavy atom. The number of amidine groups is 2. The first-order chi connectivity index (χ1) is 40.4. The van der Waals surface area contributed by atoms with Crippen molar-refractivity contribution in [3.05, 3.63) is 153 Å². The van der Waals surface area contributed by atoms with Crippen LogP contribution in [0.5, 0.6) is 0 Å². The standard InChI is InChI=1S/C63H74F6N8O5S2/c1-6-31-74(32-13-9-11-15-38-83-60-72-56(48-27-23-46(42-70)24-28-48)54(58(79)81-7-2)44(4)76(60)52-21-17-19-50(40-52)62(64,65)66)34-35-75(36-37-78)33-14-10-12-16-39-84-61-73-57(49-29-25-47(43-71)26-30-49)55(59(80)82-8-3)45(5)77(61)53-22-18-20-51(41-53)63(67,68)69/h17-30,40-41,56-57,78H,6-16,31-39H2,1-5H3. The Morgan fingerprint density at radius 1 is 0.571 bits per heavy atom. The van der Waals surface area contributed by atoms with Crippen LogP contribution in [0.4, 0.5) is 37.7 Å². The van der Waals surface area contributed by atoms with E-state index in [-0.39, 0.29) is 42.3 Å². The van der Waals surface area contributed by atoms with Crippen molar-refractivity contribution in [1.29, 1.82) is 10.5 Å². The van der Waals surface area contributed by atoms with E-state index in [2.05, 4.69) is 28.9 Å². The van der Waals surface area contributed by atoms with Crippen molar-refractivity contribution in [1.82, 2.24) is 9.80 Å². The second-order valence-corrected chi connectivity index (χ2v) is 22.4. The van der Waals surface area contributed by atoms with Crippen LogP contribution in [-0.4, -0.2) is 108 Å². The number of hydrogen-bond donors (Lipinski definition) is 1. The number of hydrogen-bond acceptors (Lipinski definition) is 15. The molecule has 0 aromatic heterocycles. The third kappa shape index (κ3) is 18.4. The SMILES string of the molecule is CCCN(CCCCCCSC1=NC(c2ccc(C#N)cc2)C(C(=O)OCC)=C(C)N1c1cccc(C(F)(F)F)c1)CCN(CCO)CCCCCCSC1=NC(c2ccc(C#N)cc2)C(C(=O)OCC)=C(C)N1c1cccc(C(F)(F)F)c1. The molecule has 2 heterocycles. The highest BCUT2D eigenvalue weighted by molar-refractivity contribution is 8.14. The van der Waals surface area contributed by atoms with Crippen LogP contribution in [0.2, 0.25) is 0 Å². The third-order valence-electron chi connectivity index (χ3n) is 14.3. The number of nitriles is 2. The van der Waals surface area contributed by atoms with Gasteiger partial charge in [0.2, 0.25) is 0 Å². The molecule has 4 aromatic rings. The minimum absolute atomic E-state index is 0.0325. The summed E-state index contributed by atoms with van der Waals surface area (Å²) in [5, 5.41) is 29.8. The molecule has 2 aliphatic heterocycles. The fraction of sp³-hybridized carbons (Fsp3) is 0.460. The molecule has 4 aromatic carbocycles. The van der Waals surface area contributed by atoms with Gasteiger partial charge in [-0.15, -0.1) is 0 Å². The number of alkyl halides is 6. The van der Waals surface area contributed by atoms with Gasteiger partial charge < -0.3 is 19.5 Å². The normalized spacial score (nSPS) is 15.8. The summed E-state index contributed by atoms with van der Waals surface area (Å²) in [6.45, 7) is 13.9. The molecule has 21 heteroatoms. The largest absolute Gasteiger partial charge is 0.463 e. The van der Waals surface area contributed by atoms with Gasteiger partial charge in [0.15, 0.2) is 10.3 Å². The van der Waals surface area contributed by atoms with E-state index in [9.17, 15) is 51.6 Å². The number of aliphatic imine (C=N–C) groups is 2. The number of allylic oxidation sites excluding steroid dienone is 2. The number of rotatable bonds is 29. The van der Waals surface area contributed by atoms with Crippen LogP contribution in [0.1, 0.15) is 138 Å². The fourth-order valence-corrected chi connectivity index (χ4v) is 12.2. The summed E-state index contributed by atoms with van der Waals surface area (Å²) in [6.07, 6.45) is -1.05. The molecular weight excluding hydrogens is 1130 g/mol. The second kappa shape index (κ2) is 32.6. The molecule has 0 fully saturated rings. The van der Waals surface area contributed by atoms with E-state index in [1.165, 1.54) is 35.7 Å². The number of carbonyl (C=O) groups is 2. The number of halogens is 6. The lowest BCUT2D eigenvalue weighted by Gasteiger charge is -2.35. The van der Waals surface area contributed by atoms with Gasteiger partial charge in [-0.05, 0) is 151 Å². The zero-order valence-corrected chi connectivity index (χ0v) is 49.9. The fourth-order valence-electron chi connectivity index (χ4n) is 10.1. The average molecular weight is 1200 g/mol. The highest BCUT2D eigenvalue weighted by Gasteiger charge is 2.39. The molecule has 450 valence electrons. The first kappa shape index (κ1) is 66.5. The Hall–Kier alpha value is -6.62. The third-order valence-corrected chi connectivity index (χ3v) is 16.4. The van der Waals surface area contributed by atoms with Gasteiger partial charge in [0.1, 0.15) is 12.1 Å². The summed E-state index contributed by atoms with van der Waals surface area (Å²) in [6, 6.07) is 25.9. The maximum atomic E-state index is 14.0. The summed E-state index contributed by atoms with van der Waals surface area (Å²) in [4.78, 5) is 45.1. The number of ether oxygens (including phenoxy) is 2. The predicted octanol–water partition coefficient (Wildman–Crippen LogP) is 14.3. The molecular formula is C63H74F6N8O5S2. The van der Waals surface area contributed by atoms with Crippen LogP contribution in [0, 0.1) is 22.7 Å². The number of nitrogens with zero attached hydrogens (tertiary/aromatic N) is 8. The van der Waals surface area contributed by atoms with Gasteiger partial charge >= 0.3 is 24.3 Å². The van der Waals surface area contributed by atoms with Gasteiger partial charge in [0, 0.05) is 53.9 Å². The van der Waals surface area contributed by atoms with Crippen molar-refractivity contribution in [2.45, 2.75) is 117 Å². The second-order valence-electron chi connectivity index (χ2n) is 20.2. The van der Waals surface area contributed by atoms with Crippen molar-refractivity contribution >= 4 is 57.2 Å². The summed E-state index contributed by atoms with van der Waals surface area (Å²) < 4.78 is 95.0. The number of unbranched alkanes of at least 4 members (excludes halogenated alkanes) is 6. The number of esters is 2. The van der Waals surface area contributed by atoms with E-state index in [1.54, 1.807) is 98.2 Å². The molecule has 84 heavy (non-hydrogen) atoms. The Balaban J connectivity index is 1.01. The lowest BCUT2D eigenvalue weighted by atomic mass is 9.95. The van der Waals surface area contributed by atoms with Crippen molar-refractivity contribution < 1.29 is 50.5 Å². The molecule has 6 rings (SSSR count). The highest BCUT2D eigenvalue weighted by atomic mass is 32.2. The van der Waals surface area contributed by atoms with Gasteiger partial charge in [0.05, 0.1) is 65.4 Å². The van der Waals surface area contributed by atoms with Gasteiger partial charge in [-0.25, -0.2) is 19.6 Å². The summed E-state index contributed by atoms with van der Waals surface area (Å²) >= 11 is 2.83. The lowest BCUT2D eigenvalue weighted by Crippen LogP contribution is -2.38. The zero-order chi connectivity index (χ0) is 60.8. The molecule has 2 aliphatic rings. The molecule has 0 saturated carbocycles. The Morgan fingerprint density at radius 2 is 0.964 bits per heavy atom. The minimum atomic E-state index is -4.60. The van der Waals surface area contributed by atoms with E-state index in [4.69, 9.17) is 19.5 Å². The first-order valence-corrected chi connectivity index (χ1v) is 30.5. The van der Waals surface area contributed by atoms with Gasteiger partial charge in [-0.3, -0.25) is 14.7 Å². The number of thioether (sulfide) groups is 2. The number of carbonyl (C=O) groups excluding carboxylic acids is 2. The zero-order valence-electron chi connectivity index (χ0n) is 48.3. The van der Waals surface area contributed by atoms with E-state index < -0.39 is 47.5 Å². The number of aliphatic hydroxyl groups excluding tert-OH is 1. The Labute approximate surface area is 498 Å². The van der Waals surface area contributed by atoms with Crippen LogP contribution >= 0.6 is 23.5 Å². The van der Waals surface area contributed by atoms with E-state index in [0.717, 1.165) is 115 Å². The van der Waals surface area contributed by atoms with Crippen molar-refractivity contribution in [3.63, 3.8) is 0 Å². The molecule has 0 amide bonds. The van der Waals surface area contributed by atoms with Crippen molar-refractivity contribution in [3.8, 4) is 12.1 Å². The summed E-state index contributed by atoms with van der Waals surface area (Å²) in [7, 11) is 0. The molecule has 0 radical (unpaired) electrons. The van der Waals surface area contributed by atoms with Crippen LogP contribution in [0.3, 0.4) is 0 Å². The summed E-state index contributed by atoms with van der Waals surface area (Å²) in [5.74, 6) is -0.0288. The monoisotopic (exact) mass is 1200 g/mol. The van der Waals surface area contributed by atoms with Gasteiger partial charge in [-0.2, -0.15) is 36.9 Å². The predicted molar refractivity (Wildman–Crippen MR) is 321 cm³/mol. The molecule has 0 aliphatic carbocycles. The van der Waals surface area contributed by atoms with Crippen LogP contribution in [0.25, 0.3) is 0 Å². The van der Waals surface area contributed by atoms with Gasteiger partial charge in [-0.1, -0.05) is 92.5 Å². The molecule has 13 nitrogen and oxygen atoms in total. The number of anilines is 2. The molecule has 0 spiro atoms. The number of benzene rings is 4. The average Bonchev–Trinajstić information content (AvgIpc) is 1.43. The van der Waals surface area contributed by atoms with Crippen molar-refractivity contribution in [2.24, 2.45) is 9.98 Å². The Bertz CT molecular complexity index is 2840. The first-order valence-electron chi connectivity index (χ1n) is 28.5. The van der Waals surface area contributed by atoms with Crippen LogP contribution in [0.15, 0.2) is 130 Å². The summed E-state index contributed by atoms with van der Waals surface area (Å²) in [5.41, 5.74) is 2.09. The maximum Gasteiger partial charge on any atom is 0.416 e. The van der Waals surface area contributed by atoms with E-state index in [0.29, 0.717) is 62.0 Å². The van der Waals surface area contributed by atoms with Crippen LogP contribution in [-0.2, 0) is 31.4 Å². The topological polar surface area (TPSA) is 158 Å². The van der Waals surface area contributed by atoms with E-state index >= 15 is 0 Å². The maximum absolute atomic E-state index is 14.0. The Kier molecular flexibility index (Phi) is 25.8. The van der Waals surface area contributed by atoms with E-state index in [1.807, 2.05) is 0 Å². The quantitative estimate of drug-likeness (QED) is 0.0311. The van der Waals surface area contributed by atoms with Crippen LogP contribution < -0.4 is 9.80 Å². The minimum Gasteiger partial charge on any atom is -0.463 e. The molecule has 2 unspecified atom stereocenters. The molecule has 0 saturated heterocycles. The smallest absolute Gasteiger partial charge is 0.416 e. The van der Waals surface area contributed by atoms with Gasteiger partial charge in [0.25, 0.3) is 0 Å². The molecule has 1 N–H and O–H groups in total. The van der Waals surface area contributed by atoms with Crippen molar-refractivity contribution in [2.75, 3.05) is 80.4 Å². The molecule has 0 bridgehead atoms. The number of aliphatic hydroxyl groups is 1. The molecule has 2 atom stereocenters. The highest BCUT2D eigenvalue weighted by Crippen LogP contribution is 2.43. The lowest BCUT2D eigenvalue weighted by molar-refractivity contribution is -0.139.